The minimum atomic E-state index is -0.411. The maximum atomic E-state index is 12.1. The van der Waals surface area contributed by atoms with Gasteiger partial charge in [0, 0.05) is 23.2 Å². The van der Waals surface area contributed by atoms with Crippen LogP contribution in [0.2, 0.25) is 0 Å². The van der Waals surface area contributed by atoms with E-state index in [0.717, 1.165) is 24.7 Å². The van der Waals surface area contributed by atoms with Crippen molar-refractivity contribution in [2.75, 3.05) is 5.32 Å². The normalized spacial score (nSPS) is 27.7. The largest absolute Gasteiger partial charge is 0.326 e. The Bertz CT molecular complexity index is 546. The molecule has 1 amide bonds. The maximum absolute atomic E-state index is 12.1. The van der Waals surface area contributed by atoms with E-state index in [1.54, 1.807) is 19.1 Å². The van der Waals surface area contributed by atoms with Crippen molar-refractivity contribution >= 4 is 17.3 Å². The summed E-state index contributed by atoms with van der Waals surface area (Å²) in [5.41, 5.74) is 1.30. The fourth-order valence-corrected chi connectivity index (χ4v) is 3.11. The summed E-state index contributed by atoms with van der Waals surface area (Å²) < 4.78 is 0. The van der Waals surface area contributed by atoms with Crippen molar-refractivity contribution in [1.82, 2.24) is 0 Å². The highest BCUT2D eigenvalue weighted by Crippen LogP contribution is 2.54. The van der Waals surface area contributed by atoms with Crippen LogP contribution in [0.15, 0.2) is 18.2 Å². The number of nitro benzene ring substituents is 1. The van der Waals surface area contributed by atoms with Crippen molar-refractivity contribution in [2.24, 2.45) is 17.8 Å². The molecule has 2 unspecified atom stereocenters. The fourth-order valence-electron chi connectivity index (χ4n) is 3.11. The minimum Gasteiger partial charge on any atom is -0.326 e. The van der Waals surface area contributed by atoms with Gasteiger partial charge in [-0.1, -0.05) is 0 Å². The molecule has 2 aliphatic carbocycles. The van der Waals surface area contributed by atoms with Gasteiger partial charge in [0.1, 0.15) is 0 Å². The summed E-state index contributed by atoms with van der Waals surface area (Å²) in [5, 5.41) is 13.6. The number of carbonyl (C=O) groups is 1. The van der Waals surface area contributed by atoms with Gasteiger partial charge in [0.05, 0.1) is 4.92 Å². The number of anilines is 1. The zero-order chi connectivity index (χ0) is 13.6. The summed E-state index contributed by atoms with van der Waals surface area (Å²) in [5.74, 6) is 1.73. The van der Waals surface area contributed by atoms with Gasteiger partial charge in [-0.15, -0.1) is 0 Å². The second-order valence-electron chi connectivity index (χ2n) is 5.67. The fraction of sp³-hybridized carbons (Fsp3) is 0.500. The predicted octanol–water partition coefficient (Wildman–Crippen LogP) is 2.89. The van der Waals surface area contributed by atoms with Crippen LogP contribution >= 0.6 is 0 Å². The summed E-state index contributed by atoms with van der Waals surface area (Å²) in [6.07, 6.45) is 3.30. The second-order valence-corrected chi connectivity index (χ2v) is 5.67. The number of amides is 1. The van der Waals surface area contributed by atoms with Crippen LogP contribution in [0.25, 0.3) is 0 Å². The molecule has 100 valence electrons. The molecule has 0 radical (unpaired) electrons. The molecule has 0 aromatic heterocycles. The molecule has 19 heavy (non-hydrogen) atoms. The average Bonchev–Trinajstić information content (AvgIpc) is 2.95. The average molecular weight is 260 g/mol. The summed E-state index contributed by atoms with van der Waals surface area (Å²) in [7, 11) is 0. The Hall–Kier alpha value is -1.91. The van der Waals surface area contributed by atoms with E-state index in [0.29, 0.717) is 11.3 Å². The Labute approximate surface area is 111 Å². The molecule has 2 atom stereocenters. The lowest BCUT2D eigenvalue weighted by molar-refractivity contribution is -0.385. The van der Waals surface area contributed by atoms with Gasteiger partial charge in [0.2, 0.25) is 5.91 Å². The van der Waals surface area contributed by atoms with Crippen LogP contribution in [0.1, 0.15) is 24.8 Å². The molecule has 1 aromatic rings. The molecule has 2 fully saturated rings. The molecule has 5 heteroatoms. The minimum absolute atomic E-state index is 0.0560. The third-order valence-corrected chi connectivity index (χ3v) is 4.28. The van der Waals surface area contributed by atoms with Crippen molar-refractivity contribution < 1.29 is 9.72 Å². The van der Waals surface area contributed by atoms with Gasteiger partial charge < -0.3 is 5.32 Å². The monoisotopic (exact) mass is 260 g/mol. The van der Waals surface area contributed by atoms with E-state index in [1.807, 2.05) is 0 Å². The topological polar surface area (TPSA) is 72.2 Å². The Morgan fingerprint density at radius 2 is 2.00 bits per heavy atom. The number of fused-ring (bicyclic) bond motifs is 1. The molecule has 0 saturated heterocycles. The molecule has 0 heterocycles. The smallest absolute Gasteiger partial charge is 0.272 e. The zero-order valence-electron chi connectivity index (χ0n) is 10.8. The third kappa shape index (κ3) is 2.32. The van der Waals surface area contributed by atoms with E-state index < -0.39 is 4.92 Å². The van der Waals surface area contributed by atoms with Crippen LogP contribution in [0.4, 0.5) is 11.4 Å². The highest BCUT2D eigenvalue weighted by molar-refractivity contribution is 5.93. The number of carbonyl (C=O) groups excluding carboxylic acids is 1. The lowest BCUT2D eigenvalue weighted by Gasteiger charge is -2.12. The number of rotatable bonds is 3. The molecule has 1 N–H and O–H groups in total. The van der Waals surface area contributed by atoms with Gasteiger partial charge in [-0.25, -0.2) is 0 Å². The molecule has 0 bridgehead atoms. The molecule has 0 spiro atoms. The van der Waals surface area contributed by atoms with Gasteiger partial charge in [-0.2, -0.15) is 0 Å². The van der Waals surface area contributed by atoms with Crippen molar-refractivity contribution in [3.63, 3.8) is 0 Å². The van der Waals surface area contributed by atoms with Crippen LogP contribution in [0.5, 0.6) is 0 Å². The molecule has 3 rings (SSSR count). The van der Waals surface area contributed by atoms with Gasteiger partial charge in [-0.05, 0) is 50.2 Å². The lowest BCUT2D eigenvalue weighted by atomic mass is 10.0. The number of nitrogens with zero attached hydrogens (tertiary/aromatic N) is 1. The standard InChI is InChI=1S/C14H16N2O3/c1-8-4-12(2-3-13(8)16(18)19)15-14(17)11-6-9-5-10(9)7-11/h2-4,9-11H,5-7H2,1H3,(H,15,17). The van der Waals surface area contributed by atoms with Gasteiger partial charge in [0.15, 0.2) is 0 Å². The van der Waals surface area contributed by atoms with Crippen LogP contribution < -0.4 is 5.32 Å². The Kier molecular flexibility index (Phi) is 2.77. The SMILES string of the molecule is Cc1cc(NC(=O)C2CC3CC3C2)ccc1[N+](=O)[O-]. The van der Waals surface area contributed by atoms with Crippen LogP contribution in [0, 0.1) is 34.8 Å². The Balaban J connectivity index is 1.67. The maximum Gasteiger partial charge on any atom is 0.272 e. The quantitative estimate of drug-likeness (QED) is 0.671. The third-order valence-electron chi connectivity index (χ3n) is 4.28. The molecular formula is C14H16N2O3. The Morgan fingerprint density at radius 3 is 2.58 bits per heavy atom. The van der Waals surface area contributed by atoms with Gasteiger partial charge in [-0.3, -0.25) is 14.9 Å². The number of nitro groups is 1. The first-order chi connectivity index (χ1) is 9.04. The van der Waals surface area contributed by atoms with Gasteiger partial charge in [0.25, 0.3) is 5.69 Å². The molecule has 2 aliphatic rings. The number of aryl methyl sites for hydroxylation is 1. The van der Waals surface area contributed by atoms with Crippen molar-refractivity contribution in [3.8, 4) is 0 Å². The first-order valence-corrected chi connectivity index (χ1v) is 6.60. The highest BCUT2D eigenvalue weighted by Gasteiger charge is 2.47. The van der Waals surface area contributed by atoms with E-state index in [2.05, 4.69) is 5.32 Å². The summed E-state index contributed by atoms with van der Waals surface area (Å²) in [6, 6.07) is 4.70. The number of benzene rings is 1. The molecule has 0 aliphatic heterocycles. The first-order valence-electron chi connectivity index (χ1n) is 6.60. The van der Waals surface area contributed by atoms with E-state index in [-0.39, 0.29) is 17.5 Å². The lowest BCUT2D eigenvalue weighted by Crippen LogP contribution is -2.21. The summed E-state index contributed by atoms with van der Waals surface area (Å²) >= 11 is 0. The summed E-state index contributed by atoms with van der Waals surface area (Å²) in [4.78, 5) is 22.4. The van der Waals surface area contributed by atoms with E-state index in [9.17, 15) is 14.9 Å². The van der Waals surface area contributed by atoms with Crippen LogP contribution in [-0.2, 0) is 4.79 Å². The molecule has 1 aromatic carbocycles. The van der Waals surface area contributed by atoms with Crippen molar-refractivity contribution in [3.05, 3.63) is 33.9 Å². The number of nitrogens with one attached hydrogen (secondary N) is 1. The van der Waals surface area contributed by atoms with Crippen LogP contribution in [0.3, 0.4) is 0 Å². The van der Waals surface area contributed by atoms with Crippen molar-refractivity contribution in [2.45, 2.75) is 26.2 Å². The molecule has 5 nitrogen and oxygen atoms in total. The number of hydrogen-bond donors (Lipinski definition) is 1. The first kappa shape index (κ1) is 12.1. The summed E-state index contributed by atoms with van der Waals surface area (Å²) in [6.45, 7) is 1.68. The molecular weight excluding hydrogens is 244 g/mol. The van der Waals surface area contributed by atoms with E-state index in [4.69, 9.17) is 0 Å². The van der Waals surface area contributed by atoms with E-state index in [1.165, 1.54) is 12.5 Å². The molecule has 2 saturated carbocycles. The van der Waals surface area contributed by atoms with E-state index >= 15 is 0 Å². The van der Waals surface area contributed by atoms with Crippen LogP contribution in [-0.4, -0.2) is 10.8 Å². The number of hydrogen-bond acceptors (Lipinski definition) is 3. The predicted molar refractivity (Wildman–Crippen MR) is 70.8 cm³/mol. The highest BCUT2D eigenvalue weighted by atomic mass is 16.6. The zero-order valence-corrected chi connectivity index (χ0v) is 10.8. The van der Waals surface area contributed by atoms with Gasteiger partial charge >= 0.3 is 0 Å². The van der Waals surface area contributed by atoms with Crippen molar-refractivity contribution in [1.29, 1.82) is 0 Å². The second kappa shape index (κ2) is 4.33. The Morgan fingerprint density at radius 1 is 1.32 bits per heavy atom.